The van der Waals surface area contributed by atoms with E-state index in [1.165, 1.54) is 6.20 Å². The number of aromatic nitrogens is 3. The van der Waals surface area contributed by atoms with E-state index < -0.39 is 5.97 Å². The number of hydrogen-bond acceptors (Lipinski definition) is 5. The fraction of sp³-hybridized carbons (Fsp3) is 0.500. The van der Waals surface area contributed by atoms with Crippen LogP contribution < -0.4 is 5.32 Å². The first kappa shape index (κ1) is 15.6. The van der Waals surface area contributed by atoms with E-state index in [2.05, 4.69) is 29.2 Å². The summed E-state index contributed by atoms with van der Waals surface area (Å²) in [6.45, 7) is 6.74. The van der Waals surface area contributed by atoms with E-state index in [0.717, 1.165) is 11.1 Å². The molecular weight excluding hydrogens is 288 g/mol. The van der Waals surface area contributed by atoms with Crippen LogP contribution in [0.4, 0.5) is 5.69 Å². The van der Waals surface area contributed by atoms with Crippen molar-refractivity contribution in [2.45, 2.75) is 25.5 Å². The van der Waals surface area contributed by atoms with Gasteiger partial charge in [-0.25, -0.2) is 9.78 Å². The van der Waals surface area contributed by atoms with Crippen molar-refractivity contribution in [3.8, 4) is 0 Å². The Morgan fingerprint density at radius 2 is 2.19 bits per heavy atom. The largest absolute Gasteiger partial charge is 0.478 e. The van der Waals surface area contributed by atoms with Gasteiger partial charge in [0.25, 0.3) is 0 Å². The summed E-state index contributed by atoms with van der Waals surface area (Å²) in [7, 11) is 1.80. The van der Waals surface area contributed by atoms with Gasteiger partial charge in [-0.2, -0.15) is 16.9 Å². The lowest BCUT2D eigenvalue weighted by molar-refractivity contribution is 0.0697. The first-order chi connectivity index (χ1) is 9.76. The highest BCUT2D eigenvalue weighted by atomic mass is 32.2. The summed E-state index contributed by atoms with van der Waals surface area (Å²) in [5.41, 5.74) is 2.23. The molecule has 2 aromatic rings. The number of aryl methyl sites for hydroxylation is 2. The van der Waals surface area contributed by atoms with Crippen LogP contribution in [0.25, 0.3) is 11.0 Å². The molecule has 0 saturated heterocycles. The summed E-state index contributed by atoms with van der Waals surface area (Å²) in [4.78, 5) is 15.7. The lowest BCUT2D eigenvalue weighted by Crippen LogP contribution is -2.26. The van der Waals surface area contributed by atoms with Crippen molar-refractivity contribution >= 4 is 34.5 Å². The molecule has 2 N–H and O–H groups in total. The molecule has 2 heterocycles. The molecule has 7 heteroatoms. The Balaban J connectivity index is 2.57. The highest BCUT2D eigenvalue weighted by molar-refractivity contribution is 7.99. The molecule has 0 aliphatic carbocycles. The van der Waals surface area contributed by atoms with Gasteiger partial charge in [-0.3, -0.25) is 4.68 Å². The third-order valence-corrected chi connectivity index (χ3v) is 4.75. The van der Waals surface area contributed by atoms with E-state index in [-0.39, 0.29) is 10.3 Å². The third-order valence-electron chi connectivity index (χ3n) is 3.50. The highest BCUT2D eigenvalue weighted by Crippen LogP contribution is 2.30. The maximum atomic E-state index is 11.5. The number of rotatable bonds is 5. The predicted octanol–water partition coefficient (Wildman–Crippen LogP) is 2.53. The minimum atomic E-state index is -0.989. The SMILES string of the molecule is CSC(C)(C)CNc1c(C(=O)O)cnc2c1c(C)nn2C. The van der Waals surface area contributed by atoms with E-state index in [4.69, 9.17) is 0 Å². The minimum Gasteiger partial charge on any atom is -0.478 e. The molecular formula is C14H20N4O2S. The molecule has 0 bridgehead atoms. The zero-order chi connectivity index (χ0) is 15.8. The summed E-state index contributed by atoms with van der Waals surface area (Å²) < 4.78 is 1.67. The minimum absolute atomic E-state index is 0.00147. The number of nitrogens with one attached hydrogen (secondary N) is 1. The number of nitrogens with zero attached hydrogens (tertiary/aromatic N) is 3. The second-order valence-electron chi connectivity index (χ2n) is 5.58. The number of anilines is 1. The van der Waals surface area contributed by atoms with Crippen molar-refractivity contribution in [3.05, 3.63) is 17.5 Å². The van der Waals surface area contributed by atoms with Gasteiger partial charge < -0.3 is 10.4 Å². The molecule has 114 valence electrons. The Morgan fingerprint density at radius 3 is 2.76 bits per heavy atom. The summed E-state index contributed by atoms with van der Waals surface area (Å²) >= 11 is 1.73. The van der Waals surface area contributed by atoms with E-state index in [1.54, 1.807) is 23.5 Å². The van der Waals surface area contributed by atoms with Crippen LogP contribution in [0.3, 0.4) is 0 Å². The maximum absolute atomic E-state index is 11.5. The molecule has 0 unspecified atom stereocenters. The molecule has 0 amide bonds. The Morgan fingerprint density at radius 1 is 1.52 bits per heavy atom. The normalized spacial score (nSPS) is 11.9. The van der Waals surface area contributed by atoms with E-state index in [0.29, 0.717) is 17.9 Å². The first-order valence-corrected chi connectivity index (χ1v) is 7.84. The standard InChI is InChI=1S/C14H20N4O2S/c1-8-10-11(16-7-14(2,3)21-5)9(13(19)20)6-15-12(10)18(4)17-8/h6H,7H2,1-5H3,(H,15,16)(H,19,20). The molecule has 0 atom stereocenters. The van der Waals surface area contributed by atoms with Crippen molar-refractivity contribution in [1.82, 2.24) is 14.8 Å². The Labute approximate surface area is 127 Å². The van der Waals surface area contributed by atoms with Crippen molar-refractivity contribution < 1.29 is 9.90 Å². The van der Waals surface area contributed by atoms with Gasteiger partial charge in [0, 0.05) is 24.5 Å². The smallest absolute Gasteiger partial charge is 0.339 e. The van der Waals surface area contributed by atoms with Crippen LogP contribution in [-0.2, 0) is 7.05 Å². The van der Waals surface area contributed by atoms with Gasteiger partial charge in [-0.15, -0.1) is 0 Å². The molecule has 0 aromatic carbocycles. The van der Waals surface area contributed by atoms with Gasteiger partial charge in [-0.1, -0.05) is 0 Å². The van der Waals surface area contributed by atoms with Gasteiger partial charge in [0.15, 0.2) is 5.65 Å². The van der Waals surface area contributed by atoms with Crippen LogP contribution >= 0.6 is 11.8 Å². The number of carboxylic acid groups (broad SMARTS) is 1. The lowest BCUT2D eigenvalue weighted by atomic mass is 10.1. The Bertz CT molecular complexity index is 694. The zero-order valence-corrected chi connectivity index (χ0v) is 13.7. The van der Waals surface area contributed by atoms with E-state index in [9.17, 15) is 9.90 Å². The van der Waals surface area contributed by atoms with Gasteiger partial charge >= 0.3 is 5.97 Å². The molecule has 2 aromatic heterocycles. The van der Waals surface area contributed by atoms with Crippen LogP contribution in [0.15, 0.2) is 6.20 Å². The van der Waals surface area contributed by atoms with E-state index >= 15 is 0 Å². The monoisotopic (exact) mass is 308 g/mol. The topological polar surface area (TPSA) is 80.0 Å². The van der Waals surface area contributed by atoms with Crippen molar-refractivity contribution in [2.24, 2.45) is 7.05 Å². The van der Waals surface area contributed by atoms with Crippen molar-refractivity contribution in [1.29, 1.82) is 0 Å². The van der Waals surface area contributed by atoms with Crippen LogP contribution in [0, 0.1) is 6.92 Å². The first-order valence-electron chi connectivity index (χ1n) is 6.61. The Hall–Kier alpha value is -1.76. The quantitative estimate of drug-likeness (QED) is 0.883. The Kier molecular flexibility index (Phi) is 4.13. The van der Waals surface area contributed by atoms with Gasteiger partial charge in [0.2, 0.25) is 0 Å². The molecule has 0 aliphatic heterocycles. The van der Waals surface area contributed by atoms with Gasteiger partial charge in [0.05, 0.1) is 16.8 Å². The van der Waals surface area contributed by atoms with Crippen LogP contribution in [-0.4, -0.2) is 43.4 Å². The number of thioether (sulfide) groups is 1. The number of carboxylic acids is 1. The molecule has 0 aliphatic rings. The fourth-order valence-electron chi connectivity index (χ4n) is 2.13. The number of pyridine rings is 1. The van der Waals surface area contributed by atoms with Crippen LogP contribution in [0.2, 0.25) is 0 Å². The molecule has 0 fully saturated rings. The summed E-state index contributed by atoms with van der Waals surface area (Å²) in [5.74, 6) is -0.989. The number of fused-ring (bicyclic) bond motifs is 1. The molecule has 2 rings (SSSR count). The van der Waals surface area contributed by atoms with E-state index in [1.807, 2.05) is 13.2 Å². The van der Waals surface area contributed by atoms with Gasteiger partial charge in [-0.05, 0) is 27.0 Å². The van der Waals surface area contributed by atoms with Crippen molar-refractivity contribution in [3.63, 3.8) is 0 Å². The molecule has 0 saturated carbocycles. The molecule has 0 radical (unpaired) electrons. The van der Waals surface area contributed by atoms with Crippen molar-refractivity contribution in [2.75, 3.05) is 18.1 Å². The average Bonchev–Trinajstić information content (AvgIpc) is 2.71. The highest BCUT2D eigenvalue weighted by Gasteiger charge is 2.22. The van der Waals surface area contributed by atoms with Crippen LogP contribution in [0.1, 0.15) is 29.9 Å². The molecule has 0 spiro atoms. The third kappa shape index (κ3) is 2.97. The fourth-order valence-corrected chi connectivity index (χ4v) is 2.35. The average molecular weight is 308 g/mol. The second kappa shape index (κ2) is 5.55. The predicted molar refractivity (Wildman–Crippen MR) is 86.3 cm³/mol. The summed E-state index contributed by atoms with van der Waals surface area (Å²) in [5, 5.41) is 17.8. The maximum Gasteiger partial charge on any atom is 0.339 e. The molecule has 6 nitrogen and oxygen atoms in total. The van der Waals surface area contributed by atoms with Gasteiger partial charge in [0.1, 0.15) is 5.56 Å². The van der Waals surface area contributed by atoms with Crippen LogP contribution in [0.5, 0.6) is 0 Å². The number of hydrogen-bond donors (Lipinski definition) is 2. The molecule has 21 heavy (non-hydrogen) atoms. The second-order valence-corrected chi connectivity index (χ2v) is 7.09. The number of aromatic carboxylic acids is 1. The zero-order valence-electron chi connectivity index (χ0n) is 12.9. The lowest BCUT2D eigenvalue weighted by Gasteiger charge is -2.23. The summed E-state index contributed by atoms with van der Waals surface area (Å²) in [6.07, 6.45) is 3.43. The summed E-state index contributed by atoms with van der Waals surface area (Å²) in [6, 6.07) is 0. The number of carbonyl (C=O) groups is 1.